The van der Waals surface area contributed by atoms with Crippen molar-refractivity contribution < 1.29 is 15.2 Å². The van der Waals surface area contributed by atoms with Crippen LogP contribution in [0.3, 0.4) is 0 Å². The Hall–Kier alpha value is -0.380. The van der Waals surface area contributed by atoms with Crippen LogP contribution in [0.1, 0.15) is 110 Å². The first kappa shape index (κ1) is 23.6. The van der Waals surface area contributed by atoms with Crippen molar-refractivity contribution in [3.05, 3.63) is 12.2 Å². The molecule has 0 unspecified atom stereocenters. The van der Waals surface area contributed by atoms with Gasteiger partial charge in [0.1, 0.15) is 13.6 Å². The van der Waals surface area contributed by atoms with E-state index >= 15 is 0 Å². The summed E-state index contributed by atoms with van der Waals surface area (Å²) < 4.78 is 0. The maximum absolute atomic E-state index is 9.14. The van der Waals surface area contributed by atoms with Crippen LogP contribution in [0, 0.1) is 0 Å². The molecule has 0 aliphatic heterocycles. The van der Waals surface area contributed by atoms with Gasteiger partial charge in [0, 0.05) is 6.42 Å². The first-order valence-corrected chi connectivity index (χ1v) is 10.5. The third-order valence-corrected chi connectivity index (χ3v) is 4.59. The van der Waals surface area contributed by atoms with Crippen LogP contribution in [0.4, 0.5) is 0 Å². The second-order valence-electron chi connectivity index (χ2n) is 7.46. The Balaban J connectivity index is 3.10. The molecule has 0 bridgehead atoms. The van der Waals surface area contributed by atoms with Crippen molar-refractivity contribution in [1.82, 2.24) is 0 Å². The summed E-state index contributed by atoms with van der Waals surface area (Å²) in [5.74, 6) is 0. The summed E-state index contributed by atoms with van der Waals surface area (Å²) in [5, 5.41) is 18.3. The molecule has 0 spiro atoms. The first-order chi connectivity index (χ1) is 11.6. The molecule has 0 rings (SSSR count). The zero-order valence-corrected chi connectivity index (χ0v) is 16.5. The molecule has 0 saturated carbocycles. The summed E-state index contributed by atoms with van der Waals surface area (Å²) in [4.78, 5) is -0.883. The molecule has 0 heterocycles. The highest BCUT2D eigenvalue weighted by atomic mass is 16.8. The summed E-state index contributed by atoms with van der Waals surface area (Å²) >= 11 is 0. The lowest BCUT2D eigenvalue weighted by molar-refractivity contribution is -1.23. The molecule has 0 aromatic heterocycles. The standard InChI is InChI=1S/C21H44NO2/c1-3-4-5-6-7-8-9-10-11-12-13-14-15-16-17-18-19-20-21-22(2,23)24/h10-11,23-24H,3-9,12-21H2,1-2H3/q+1/b11-10-. The minimum atomic E-state index is -0.883. The largest absolute Gasteiger partial charge is 0.182 e. The molecule has 144 valence electrons. The number of quaternary nitrogens is 1. The van der Waals surface area contributed by atoms with Crippen LogP contribution in [-0.2, 0) is 0 Å². The van der Waals surface area contributed by atoms with Crippen molar-refractivity contribution in [2.24, 2.45) is 0 Å². The lowest BCUT2D eigenvalue weighted by Crippen LogP contribution is -2.36. The van der Waals surface area contributed by atoms with Crippen molar-refractivity contribution in [2.75, 3.05) is 13.6 Å². The molecule has 3 heteroatoms. The maximum atomic E-state index is 9.14. The van der Waals surface area contributed by atoms with E-state index in [1.54, 1.807) is 0 Å². The van der Waals surface area contributed by atoms with E-state index in [0.717, 1.165) is 12.8 Å². The summed E-state index contributed by atoms with van der Waals surface area (Å²) in [5.41, 5.74) is 0. The van der Waals surface area contributed by atoms with Crippen LogP contribution in [0.25, 0.3) is 0 Å². The van der Waals surface area contributed by atoms with Gasteiger partial charge in [0.05, 0.1) is 0 Å². The van der Waals surface area contributed by atoms with Gasteiger partial charge in [-0.05, 0) is 32.1 Å². The molecule has 0 saturated heterocycles. The molecule has 0 aromatic carbocycles. The maximum Gasteiger partial charge on any atom is 0.141 e. The molecular weight excluding hydrogens is 298 g/mol. The predicted octanol–water partition coefficient (Wildman–Crippen LogP) is 7.03. The Bertz CT molecular complexity index is 272. The van der Waals surface area contributed by atoms with Crippen LogP contribution in [-0.4, -0.2) is 28.8 Å². The smallest absolute Gasteiger partial charge is 0.141 e. The highest BCUT2D eigenvalue weighted by molar-refractivity contribution is 4.81. The second-order valence-corrected chi connectivity index (χ2v) is 7.46. The quantitative estimate of drug-likeness (QED) is 0.121. The van der Waals surface area contributed by atoms with Crippen LogP contribution in [0.15, 0.2) is 12.2 Å². The van der Waals surface area contributed by atoms with Crippen LogP contribution in [0.5, 0.6) is 0 Å². The van der Waals surface area contributed by atoms with Gasteiger partial charge in [-0.3, -0.25) is 0 Å². The normalized spacial score (nSPS) is 12.3. The van der Waals surface area contributed by atoms with Crippen molar-refractivity contribution in [2.45, 2.75) is 110 Å². The Kier molecular flexibility index (Phi) is 17.2. The lowest BCUT2D eigenvalue weighted by atomic mass is 10.1. The molecule has 0 aromatic rings. The number of allylic oxidation sites excluding steroid dienone is 2. The minimum Gasteiger partial charge on any atom is -0.182 e. The number of unbranched alkanes of at least 4 members (excludes halogenated alkanes) is 14. The lowest BCUT2D eigenvalue weighted by Gasteiger charge is -2.14. The molecule has 0 aliphatic rings. The van der Waals surface area contributed by atoms with Gasteiger partial charge in [0.15, 0.2) is 0 Å². The van der Waals surface area contributed by atoms with Gasteiger partial charge in [0.2, 0.25) is 0 Å². The van der Waals surface area contributed by atoms with Crippen molar-refractivity contribution in [3.8, 4) is 0 Å². The third-order valence-electron chi connectivity index (χ3n) is 4.59. The van der Waals surface area contributed by atoms with Gasteiger partial charge in [-0.15, -0.1) is 0 Å². The third kappa shape index (κ3) is 21.6. The molecule has 0 radical (unpaired) electrons. The van der Waals surface area contributed by atoms with Gasteiger partial charge in [-0.1, -0.05) is 88.1 Å². The average Bonchev–Trinajstić information content (AvgIpc) is 2.52. The van der Waals surface area contributed by atoms with Crippen LogP contribution >= 0.6 is 0 Å². The molecule has 24 heavy (non-hydrogen) atoms. The molecule has 2 N–H and O–H groups in total. The number of rotatable bonds is 18. The Morgan fingerprint density at radius 2 is 0.958 bits per heavy atom. The van der Waals surface area contributed by atoms with Crippen LogP contribution < -0.4 is 0 Å². The van der Waals surface area contributed by atoms with Crippen molar-refractivity contribution in [3.63, 3.8) is 0 Å². The van der Waals surface area contributed by atoms with E-state index in [-0.39, 0.29) is 0 Å². The molecule has 0 aliphatic carbocycles. The summed E-state index contributed by atoms with van der Waals surface area (Å²) in [7, 11) is 1.40. The van der Waals surface area contributed by atoms with E-state index < -0.39 is 4.81 Å². The summed E-state index contributed by atoms with van der Waals surface area (Å²) in [6.07, 6.45) is 25.5. The molecule has 0 fully saturated rings. The predicted molar refractivity (Wildman–Crippen MR) is 103 cm³/mol. The Morgan fingerprint density at radius 3 is 1.38 bits per heavy atom. The highest BCUT2D eigenvalue weighted by Gasteiger charge is 2.12. The number of hydrogen-bond donors (Lipinski definition) is 2. The highest BCUT2D eigenvalue weighted by Crippen LogP contribution is 2.11. The Morgan fingerprint density at radius 1 is 0.583 bits per heavy atom. The number of nitrogens with zero attached hydrogens (tertiary/aromatic N) is 1. The van der Waals surface area contributed by atoms with Crippen LogP contribution in [0.2, 0.25) is 0 Å². The Labute approximate surface area is 151 Å². The number of hydroxylamine groups is 4. The molecular formula is C21H44NO2+. The molecule has 3 nitrogen and oxygen atoms in total. The van der Waals surface area contributed by atoms with Gasteiger partial charge in [-0.2, -0.15) is 10.4 Å². The summed E-state index contributed by atoms with van der Waals surface area (Å²) in [6.45, 7) is 2.71. The van der Waals surface area contributed by atoms with Crippen molar-refractivity contribution in [1.29, 1.82) is 0 Å². The van der Waals surface area contributed by atoms with E-state index in [2.05, 4.69) is 19.1 Å². The fraction of sp³-hybridized carbons (Fsp3) is 0.905. The zero-order chi connectivity index (χ0) is 17.9. The monoisotopic (exact) mass is 342 g/mol. The van der Waals surface area contributed by atoms with E-state index in [9.17, 15) is 0 Å². The topological polar surface area (TPSA) is 40.5 Å². The minimum absolute atomic E-state index is 0.436. The van der Waals surface area contributed by atoms with E-state index in [0.29, 0.717) is 6.54 Å². The molecule has 0 amide bonds. The fourth-order valence-corrected chi connectivity index (χ4v) is 3.01. The first-order valence-electron chi connectivity index (χ1n) is 10.5. The van der Waals surface area contributed by atoms with E-state index in [1.165, 1.54) is 96.9 Å². The second kappa shape index (κ2) is 17.4. The van der Waals surface area contributed by atoms with E-state index in [1.807, 2.05) is 0 Å². The van der Waals surface area contributed by atoms with Crippen molar-refractivity contribution >= 4 is 0 Å². The summed E-state index contributed by atoms with van der Waals surface area (Å²) in [6, 6.07) is 0. The SMILES string of the molecule is CCCCCCCC/C=C\CCCCCCCCCC[N+](C)(O)O. The van der Waals surface area contributed by atoms with Gasteiger partial charge < -0.3 is 0 Å². The zero-order valence-electron chi connectivity index (χ0n) is 16.5. The van der Waals surface area contributed by atoms with Gasteiger partial charge in [-0.25, -0.2) is 0 Å². The van der Waals surface area contributed by atoms with E-state index in [4.69, 9.17) is 10.4 Å². The van der Waals surface area contributed by atoms with Gasteiger partial charge >= 0.3 is 0 Å². The van der Waals surface area contributed by atoms with Gasteiger partial charge in [0.25, 0.3) is 0 Å². The number of hydrogen-bond acceptors (Lipinski definition) is 2. The fourth-order valence-electron chi connectivity index (χ4n) is 3.01. The average molecular weight is 343 g/mol. The molecule has 0 atom stereocenters.